The van der Waals surface area contributed by atoms with Gasteiger partial charge in [0.2, 0.25) is 0 Å². The standard InChI is InChI=1S/C13H16N2S/c1-9(2)13-4-3-12(16-13)6-10-5-11(14)8-15-7-10/h3-5,7-9H,6,14H2,1-2H3. The molecule has 2 aromatic rings. The second-order valence-electron chi connectivity index (χ2n) is 4.26. The van der Waals surface area contributed by atoms with Gasteiger partial charge in [0, 0.05) is 28.6 Å². The molecule has 0 saturated carbocycles. The fourth-order valence-corrected chi connectivity index (χ4v) is 2.65. The van der Waals surface area contributed by atoms with E-state index >= 15 is 0 Å². The number of rotatable bonds is 3. The number of pyridine rings is 1. The van der Waals surface area contributed by atoms with E-state index in [0.717, 1.165) is 12.1 Å². The summed E-state index contributed by atoms with van der Waals surface area (Å²) in [7, 11) is 0. The molecule has 0 unspecified atom stereocenters. The third kappa shape index (κ3) is 2.61. The topological polar surface area (TPSA) is 38.9 Å². The number of nitrogens with two attached hydrogens (primary N) is 1. The lowest BCUT2D eigenvalue weighted by Gasteiger charge is -2.00. The maximum Gasteiger partial charge on any atom is 0.0503 e. The van der Waals surface area contributed by atoms with Crippen LogP contribution >= 0.6 is 11.3 Å². The van der Waals surface area contributed by atoms with Crippen LogP contribution in [0.4, 0.5) is 5.69 Å². The first-order valence-electron chi connectivity index (χ1n) is 5.43. The molecule has 0 radical (unpaired) electrons. The molecule has 0 bridgehead atoms. The number of thiophene rings is 1. The van der Waals surface area contributed by atoms with Crippen molar-refractivity contribution in [3.63, 3.8) is 0 Å². The maximum absolute atomic E-state index is 5.71. The molecule has 0 amide bonds. The maximum atomic E-state index is 5.71. The van der Waals surface area contributed by atoms with Crippen LogP contribution < -0.4 is 5.73 Å². The van der Waals surface area contributed by atoms with Gasteiger partial charge in [-0.05, 0) is 29.7 Å². The van der Waals surface area contributed by atoms with Gasteiger partial charge in [0.25, 0.3) is 0 Å². The summed E-state index contributed by atoms with van der Waals surface area (Å²) in [5, 5.41) is 0. The van der Waals surface area contributed by atoms with Gasteiger partial charge in [0.1, 0.15) is 0 Å². The van der Waals surface area contributed by atoms with E-state index in [1.165, 1.54) is 15.3 Å². The molecule has 0 aliphatic heterocycles. The van der Waals surface area contributed by atoms with Gasteiger partial charge >= 0.3 is 0 Å². The number of aromatic nitrogens is 1. The highest BCUT2D eigenvalue weighted by Crippen LogP contribution is 2.26. The summed E-state index contributed by atoms with van der Waals surface area (Å²) in [4.78, 5) is 6.91. The fraction of sp³-hybridized carbons (Fsp3) is 0.308. The van der Waals surface area contributed by atoms with Crippen molar-refractivity contribution in [1.82, 2.24) is 4.98 Å². The number of hydrogen-bond donors (Lipinski definition) is 1. The van der Waals surface area contributed by atoms with Crippen LogP contribution in [-0.4, -0.2) is 4.98 Å². The van der Waals surface area contributed by atoms with Crippen molar-refractivity contribution in [3.8, 4) is 0 Å². The second-order valence-corrected chi connectivity index (χ2v) is 5.46. The van der Waals surface area contributed by atoms with Crippen molar-refractivity contribution in [2.75, 3.05) is 5.73 Å². The molecule has 84 valence electrons. The average molecular weight is 232 g/mol. The van der Waals surface area contributed by atoms with E-state index in [1.54, 1.807) is 6.20 Å². The van der Waals surface area contributed by atoms with Gasteiger partial charge in [-0.2, -0.15) is 0 Å². The minimum absolute atomic E-state index is 0.609. The Morgan fingerprint density at radius 1 is 1.31 bits per heavy atom. The smallest absolute Gasteiger partial charge is 0.0503 e. The number of nitrogen functional groups attached to an aromatic ring is 1. The summed E-state index contributed by atoms with van der Waals surface area (Å²) in [5.74, 6) is 0.609. The lowest BCUT2D eigenvalue weighted by Crippen LogP contribution is -1.91. The van der Waals surface area contributed by atoms with Gasteiger partial charge in [-0.15, -0.1) is 11.3 Å². The fourth-order valence-electron chi connectivity index (χ4n) is 1.61. The molecule has 2 N–H and O–H groups in total. The molecular formula is C13H16N2S. The molecule has 2 aromatic heterocycles. The van der Waals surface area contributed by atoms with E-state index in [4.69, 9.17) is 5.73 Å². The summed E-state index contributed by atoms with van der Waals surface area (Å²) in [6.45, 7) is 4.44. The van der Waals surface area contributed by atoms with Gasteiger partial charge in [-0.3, -0.25) is 4.98 Å². The van der Waals surface area contributed by atoms with Crippen molar-refractivity contribution in [3.05, 3.63) is 45.9 Å². The monoisotopic (exact) mass is 232 g/mol. The van der Waals surface area contributed by atoms with Crippen LogP contribution in [-0.2, 0) is 6.42 Å². The molecule has 0 aliphatic rings. The highest BCUT2D eigenvalue weighted by atomic mass is 32.1. The zero-order valence-corrected chi connectivity index (χ0v) is 10.4. The largest absolute Gasteiger partial charge is 0.397 e. The van der Waals surface area contributed by atoms with Crippen molar-refractivity contribution in [1.29, 1.82) is 0 Å². The van der Waals surface area contributed by atoms with Gasteiger partial charge in [-0.1, -0.05) is 13.8 Å². The quantitative estimate of drug-likeness (QED) is 0.880. The lowest BCUT2D eigenvalue weighted by atomic mass is 10.1. The minimum atomic E-state index is 0.609. The molecule has 16 heavy (non-hydrogen) atoms. The molecule has 0 saturated heterocycles. The zero-order valence-electron chi connectivity index (χ0n) is 9.60. The Kier molecular flexibility index (Phi) is 3.25. The Morgan fingerprint density at radius 2 is 2.12 bits per heavy atom. The molecule has 0 atom stereocenters. The molecule has 3 heteroatoms. The van der Waals surface area contributed by atoms with Gasteiger partial charge in [0.05, 0.1) is 5.69 Å². The second kappa shape index (κ2) is 4.66. The van der Waals surface area contributed by atoms with Crippen LogP contribution in [0.3, 0.4) is 0 Å². The van der Waals surface area contributed by atoms with Crippen molar-refractivity contribution in [2.24, 2.45) is 0 Å². The van der Waals surface area contributed by atoms with E-state index in [2.05, 4.69) is 31.0 Å². The van der Waals surface area contributed by atoms with Crippen LogP contribution in [0, 0.1) is 0 Å². The SMILES string of the molecule is CC(C)c1ccc(Cc2cncc(N)c2)s1. The Balaban J connectivity index is 2.14. The molecule has 0 fully saturated rings. The van der Waals surface area contributed by atoms with E-state index < -0.39 is 0 Å². The van der Waals surface area contributed by atoms with Crippen molar-refractivity contribution < 1.29 is 0 Å². The van der Waals surface area contributed by atoms with Gasteiger partial charge in [0.15, 0.2) is 0 Å². The average Bonchev–Trinajstić information content (AvgIpc) is 2.66. The molecule has 0 spiro atoms. The predicted octanol–water partition coefficient (Wildman–Crippen LogP) is 3.44. The highest BCUT2D eigenvalue weighted by Gasteiger charge is 2.05. The Labute approximate surface area is 100 Å². The molecule has 2 heterocycles. The number of anilines is 1. The number of nitrogens with zero attached hydrogens (tertiary/aromatic N) is 1. The van der Waals surface area contributed by atoms with E-state index in [9.17, 15) is 0 Å². The van der Waals surface area contributed by atoms with Crippen LogP contribution in [0.2, 0.25) is 0 Å². The van der Waals surface area contributed by atoms with E-state index in [-0.39, 0.29) is 0 Å². The van der Waals surface area contributed by atoms with Crippen LogP contribution in [0.15, 0.2) is 30.6 Å². The summed E-state index contributed by atoms with van der Waals surface area (Å²) in [5.41, 5.74) is 7.62. The summed E-state index contributed by atoms with van der Waals surface area (Å²) >= 11 is 1.87. The van der Waals surface area contributed by atoms with Crippen molar-refractivity contribution in [2.45, 2.75) is 26.2 Å². The third-order valence-electron chi connectivity index (χ3n) is 2.45. The van der Waals surface area contributed by atoms with Crippen LogP contribution in [0.5, 0.6) is 0 Å². The predicted molar refractivity (Wildman–Crippen MR) is 69.9 cm³/mol. The van der Waals surface area contributed by atoms with Gasteiger partial charge < -0.3 is 5.73 Å². The van der Waals surface area contributed by atoms with Crippen molar-refractivity contribution >= 4 is 17.0 Å². The molecular weight excluding hydrogens is 216 g/mol. The van der Waals surface area contributed by atoms with E-state index in [0.29, 0.717) is 5.92 Å². The Hall–Kier alpha value is -1.35. The van der Waals surface area contributed by atoms with Crippen LogP contribution in [0.25, 0.3) is 0 Å². The molecule has 2 nitrogen and oxygen atoms in total. The molecule has 0 aromatic carbocycles. The Morgan fingerprint density at radius 3 is 2.75 bits per heavy atom. The summed E-state index contributed by atoms with van der Waals surface area (Å²) in [6.07, 6.45) is 4.48. The third-order valence-corrected chi connectivity index (χ3v) is 3.83. The molecule has 2 rings (SSSR count). The lowest BCUT2D eigenvalue weighted by molar-refractivity contribution is 0.890. The van der Waals surface area contributed by atoms with Crippen LogP contribution in [0.1, 0.15) is 35.1 Å². The van der Waals surface area contributed by atoms with Gasteiger partial charge in [-0.25, -0.2) is 0 Å². The normalized spacial score (nSPS) is 10.9. The first-order valence-corrected chi connectivity index (χ1v) is 6.25. The zero-order chi connectivity index (χ0) is 11.5. The summed E-state index contributed by atoms with van der Waals surface area (Å²) in [6, 6.07) is 6.40. The van der Waals surface area contributed by atoms with E-state index in [1.807, 2.05) is 23.6 Å². The first kappa shape index (κ1) is 11.1. The summed E-state index contributed by atoms with van der Waals surface area (Å²) < 4.78 is 0. The molecule has 0 aliphatic carbocycles. The number of hydrogen-bond acceptors (Lipinski definition) is 3. The Bertz CT molecular complexity index is 474. The minimum Gasteiger partial charge on any atom is -0.397 e. The first-order chi connectivity index (χ1) is 7.65. The highest BCUT2D eigenvalue weighted by molar-refractivity contribution is 7.12.